The van der Waals surface area contributed by atoms with E-state index in [1.54, 1.807) is 35.5 Å². The van der Waals surface area contributed by atoms with Crippen LogP contribution in [0.1, 0.15) is 127 Å². The van der Waals surface area contributed by atoms with Gasteiger partial charge in [-0.2, -0.15) is 0 Å². The van der Waals surface area contributed by atoms with Crippen LogP contribution >= 0.6 is 0 Å². The first kappa shape index (κ1) is 47.5. The minimum absolute atomic E-state index is 0.0320. The number of likely N-dealkylation sites (tertiary alicyclic amines) is 1. The molecule has 5 amide bonds. The molecule has 1 atom stereocenters. The molecule has 0 saturated carbocycles. The molecule has 3 aromatic rings. The van der Waals surface area contributed by atoms with E-state index in [-0.39, 0.29) is 30.0 Å². The number of benzene rings is 1. The number of aromatic nitrogens is 3. The van der Waals surface area contributed by atoms with Gasteiger partial charge in [-0.1, -0.05) is 49.7 Å². The van der Waals surface area contributed by atoms with Crippen LogP contribution in [0, 0.1) is 17.8 Å². The van der Waals surface area contributed by atoms with Gasteiger partial charge in [-0.25, -0.2) is 0 Å². The number of piperazine rings is 1. The van der Waals surface area contributed by atoms with Crippen molar-refractivity contribution in [1.29, 1.82) is 0 Å². The molecule has 1 aromatic carbocycles. The molecule has 15 heteroatoms. The highest BCUT2D eigenvalue weighted by Crippen LogP contribution is 2.30. The van der Waals surface area contributed by atoms with Gasteiger partial charge in [0.1, 0.15) is 6.04 Å². The van der Waals surface area contributed by atoms with Gasteiger partial charge in [0.25, 0.3) is 11.8 Å². The summed E-state index contributed by atoms with van der Waals surface area (Å²) < 4.78 is 0. The van der Waals surface area contributed by atoms with E-state index in [4.69, 9.17) is 0 Å². The minimum Gasteiger partial charge on any atom is -0.355 e. The number of rotatable bonds is 17. The zero-order chi connectivity index (χ0) is 46.4. The monoisotopic (exact) mass is 911 g/mol. The second kappa shape index (κ2) is 23.7. The van der Waals surface area contributed by atoms with E-state index < -0.39 is 11.9 Å². The number of amides is 5. The van der Waals surface area contributed by atoms with Crippen LogP contribution in [-0.4, -0.2) is 142 Å². The molecule has 0 bridgehead atoms. The van der Waals surface area contributed by atoms with Gasteiger partial charge in [-0.15, -0.1) is 10.2 Å². The number of hydrogen-bond acceptors (Lipinski definition) is 11. The molecule has 0 radical (unpaired) electrons. The van der Waals surface area contributed by atoms with E-state index in [0.29, 0.717) is 42.7 Å². The quantitative estimate of drug-likeness (QED) is 0.0805. The summed E-state index contributed by atoms with van der Waals surface area (Å²) in [4.78, 5) is 77.7. The van der Waals surface area contributed by atoms with Crippen LogP contribution in [-0.2, 0) is 20.9 Å². The molecule has 5 aliphatic rings. The molecule has 67 heavy (non-hydrogen) atoms. The van der Waals surface area contributed by atoms with Crippen molar-refractivity contribution in [3.05, 3.63) is 88.9 Å². The van der Waals surface area contributed by atoms with Gasteiger partial charge in [0.15, 0.2) is 11.5 Å². The molecule has 2 N–H and O–H groups in total. The van der Waals surface area contributed by atoms with Crippen LogP contribution in [0.15, 0.2) is 60.9 Å². The normalized spacial score (nSPS) is 19.9. The summed E-state index contributed by atoms with van der Waals surface area (Å²) in [6.45, 7) is 9.96. The van der Waals surface area contributed by atoms with Crippen molar-refractivity contribution in [2.45, 2.75) is 109 Å². The van der Waals surface area contributed by atoms with Crippen LogP contribution in [0.25, 0.3) is 6.08 Å². The third-order valence-corrected chi connectivity index (χ3v) is 14.3. The van der Waals surface area contributed by atoms with Crippen LogP contribution in [0.4, 0.5) is 5.82 Å². The Kier molecular flexibility index (Phi) is 16.8. The third kappa shape index (κ3) is 12.9. The highest BCUT2D eigenvalue weighted by Gasteiger charge is 2.40. The fourth-order valence-electron chi connectivity index (χ4n) is 10.2. The first-order valence-corrected chi connectivity index (χ1v) is 24.7. The largest absolute Gasteiger partial charge is 0.355 e. The van der Waals surface area contributed by atoms with Crippen LogP contribution in [0.2, 0.25) is 0 Å². The Morgan fingerprint density at radius 2 is 1.64 bits per heavy atom. The molecular weight excluding hydrogens is 845 g/mol. The Morgan fingerprint density at radius 1 is 0.821 bits per heavy atom. The Bertz CT molecular complexity index is 2270. The van der Waals surface area contributed by atoms with Gasteiger partial charge >= 0.3 is 0 Å². The maximum atomic E-state index is 13.3. The van der Waals surface area contributed by atoms with Gasteiger partial charge in [0.2, 0.25) is 17.7 Å². The fourth-order valence-corrected chi connectivity index (χ4v) is 10.2. The highest BCUT2D eigenvalue weighted by atomic mass is 16.2. The topological polar surface area (TPSA) is 164 Å². The van der Waals surface area contributed by atoms with Crippen molar-refractivity contribution in [1.82, 2.24) is 45.4 Å². The van der Waals surface area contributed by atoms with Gasteiger partial charge in [-0.3, -0.25) is 39.2 Å². The number of fused-ring (bicyclic) bond motifs is 1. The lowest BCUT2D eigenvalue weighted by Gasteiger charge is -2.43. The number of imide groups is 1. The lowest BCUT2D eigenvalue weighted by Crippen LogP contribution is -2.53. The summed E-state index contributed by atoms with van der Waals surface area (Å²) in [5, 5.41) is 14.2. The van der Waals surface area contributed by atoms with E-state index in [2.05, 4.69) is 52.4 Å². The van der Waals surface area contributed by atoms with Crippen molar-refractivity contribution in [3.8, 4) is 11.8 Å². The van der Waals surface area contributed by atoms with E-state index in [1.807, 2.05) is 41.3 Å². The lowest BCUT2D eigenvalue weighted by atomic mass is 9.91. The average Bonchev–Trinajstić information content (AvgIpc) is 3.70. The third-order valence-electron chi connectivity index (χ3n) is 14.3. The maximum absolute atomic E-state index is 13.3. The molecule has 1 unspecified atom stereocenters. The Labute approximate surface area is 395 Å². The molecule has 4 fully saturated rings. The van der Waals surface area contributed by atoms with Crippen molar-refractivity contribution >= 4 is 41.4 Å². The summed E-state index contributed by atoms with van der Waals surface area (Å²) in [5.41, 5.74) is 3.65. The molecule has 0 spiro atoms. The summed E-state index contributed by atoms with van der Waals surface area (Å²) in [7, 11) is 0. The molecule has 354 valence electrons. The number of unbranched alkanes of at least 4 members (excludes halogenated alkanes) is 5. The zero-order valence-corrected chi connectivity index (χ0v) is 38.9. The molecule has 7 heterocycles. The summed E-state index contributed by atoms with van der Waals surface area (Å²) in [6, 6.07) is 13.1. The molecular formula is C52H66N10O5. The Hall–Kier alpha value is -5.98. The fraction of sp³-hybridized carbons (Fsp3) is 0.538. The first-order chi connectivity index (χ1) is 32.8. The molecule has 4 saturated heterocycles. The molecule has 0 aliphatic carbocycles. The van der Waals surface area contributed by atoms with Gasteiger partial charge in [0.05, 0.1) is 0 Å². The van der Waals surface area contributed by atoms with Crippen LogP contribution in [0.3, 0.4) is 0 Å². The molecule has 15 nitrogen and oxygen atoms in total. The lowest BCUT2D eigenvalue weighted by molar-refractivity contribution is -0.137. The SMILES string of the molecule is O=C(/C=C/c1cccnc1)NCCCCC1CCN(C(=O)c2ccc(N3CCC(N4CCN(CCCCCCC#Cc5cccc6c5CN(C5CCC(=O)NC5=O)C6=O)CC4)CC3)nn2)CC1. The standard InChI is InChI=1S/C52H66N10O5/c63-48(20-16-40-12-10-26-53-37-40)54-27-7-6-11-39-22-29-61(30-23-39)52(67)45-17-19-47(57-56-45)60-31-24-42(25-32-60)59-35-33-58(34-36-59)28-8-4-2-1-3-5-13-41-14-9-15-43-44(41)38-62(51(43)66)46-18-21-49(64)55-50(46)65/h9-10,12,14-17,19-20,26,37,39,42,46H,1-4,6-8,11,18,21-25,27-36,38H2,(H,54,63)(H,55,64,65)/b20-16+. The second-order valence-electron chi connectivity index (χ2n) is 18.7. The minimum atomic E-state index is -0.619. The molecule has 5 aliphatic heterocycles. The number of piperidine rings is 3. The summed E-state index contributed by atoms with van der Waals surface area (Å²) >= 11 is 0. The zero-order valence-electron chi connectivity index (χ0n) is 38.9. The van der Waals surface area contributed by atoms with E-state index >= 15 is 0 Å². The number of nitrogens with zero attached hydrogens (tertiary/aromatic N) is 8. The number of carbonyl (C=O) groups is 5. The van der Waals surface area contributed by atoms with E-state index in [1.165, 1.54) is 12.8 Å². The first-order valence-electron chi connectivity index (χ1n) is 24.7. The number of carbonyl (C=O) groups excluding carboxylic acids is 5. The van der Waals surface area contributed by atoms with E-state index in [0.717, 1.165) is 146 Å². The smallest absolute Gasteiger partial charge is 0.274 e. The Balaban J connectivity index is 0.652. The summed E-state index contributed by atoms with van der Waals surface area (Å²) in [6.07, 6.45) is 20.0. The highest BCUT2D eigenvalue weighted by molar-refractivity contribution is 6.05. The van der Waals surface area contributed by atoms with Gasteiger partial charge < -0.3 is 24.9 Å². The molecule has 2 aromatic heterocycles. The van der Waals surface area contributed by atoms with Crippen molar-refractivity contribution in [2.75, 3.05) is 70.3 Å². The van der Waals surface area contributed by atoms with Crippen molar-refractivity contribution in [3.63, 3.8) is 0 Å². The number of pyridine rings is 1. The maximum Gasteiger partial charge on any atom is 0.274 e. The number of nitrogens with one attached hydrogen (secondary N) is 2. The van der Waals surface area contributed by atoms with Crippen LogP contribution in [0.5, 0.6) is 0 Å². The summed E-state index contributed by atoms with van der Waals surface area (Å²) in [5.74, 6) is 7.09. The van der Waals surface area contributed by atoms with E-state index in [9.17, 15) is 24.0 Å². The van der Waals surface area contributed by atoms with Crippen molar-refractivity contribution < 1.29 is 24.0 Å². The Morgan fingerprint density at radius 3 is 2.40 bits per heavy atom. The average molecular weight is 911 g/mol. The number of hydrogen-bond donors (Lipinski definition) is 2. The molecule has 8 rings (SSSR count). The van der Waals surface area contributed by atoms with Gasteiger partial charge in [-0.05, 0) is 111 Å². The number of anilines is 1. The van der Waals surface area contributed by atoms with Crippen molar-refractivity contribution in [2.24, 2.45) is 5.92 Å². The predicted octanol–water partition coefficient (Wildman–Crippen LogP) is 5.07. The van der Waals surface area contributed by atoms with Gasteiger partial charge in [0, 0.05) is 114 Å². The van der Waals surface area contributed by atoms with Crippen LogP contribution < -0.4 is 15.5 Å². The second-order valence-corrected chi connectivity index (χ2v) is 18.7. The predicted molar refractivity (Wildman–Crippen MR) is 256 cm³/mol.